The first kappa shape index (κ1) is 17.8. The number of hydrogen-bond acceptors (Lipinski definition) is 6. The third kappa shape index (κ3) is 4.40. The smallest absolute Gasteiger partial charge is 0.154 e. The Balaban J connectivity index is 1.54. The van der Waals surface area contributed by atoms with Crippen molar-refractivity contribution in [2.24, 2.45) is 0 Å². The fourth-order valence-corrected chi connectivity index (χ4v) is 3.19. The van der Waals surface area contributed by atoms with Crippen LogP contribution in [0.15, 0.2) is 30.5 Å². The highest BCUT2D eigenvalue weighted by molar-refractivity contribution is 6.31. The van der Waals surface area contributed by atoms with Crippen molar-refractivity contribution in [2.45, 2.75) is 25.8 Å². The monoisotopic (exact) mass is 381 g/mol. The molecule has 0 aliphatic carbocycles. The number of halogens is 1. The molecule has 1 saturated heterocycles. The summed E-state index contributed by atoms with van der Waals surface area (Å²) in [6, 6.07) is 7.79. The summed E-state index contributed by atoms with van der Waals surface area (Å²) in [5.74, 6) is 1.46. The second-order valence-electron chi connectivity index (χ2n) is 6.49. The standard InChI is InChI=1S/C20H20ClN5O/c1-13-16(25-17-3-2-14(21)12-18(17)23-13)4-5-19-22-9-6-20(26-19)24-15-7-10-27-11-8-15/h2-6,9,12,15H,7-8,10-11H2,1H3,(H,22,24,26)/b5-4+. The van der Waals surface area contributed by atoms with Crippen molar-refractivity contribution in [1.82, 2.24) is 19.9 Å². The van der Waals surface area contributed by atoms with Gasteiger partial charge in [0.05, 0.1) is 22.4 Å². The Hall–Kier alpha value is -2.57. The summed E-state index contributed by atoms with van der Waals surface area (Å²) in [4.78, 5) is 18.1. The van der Waals surface area contributed by atoms with E-state index in [4.69, 9.17) is 16.3 Å². The highest BCUT2D eigenvalue weighted by Gasteiger charge is 2.13. The van der Waals surface area contributed by atoms with Gasteiger partial charge in [0.1, 0.15) is 5.82 Å². The summed E-state index contributed by atoms with van der Waals surface area (Å²) >= 11 is 6.03. The average Bonchev–Trinajstić information content (AvgIpc) is 2.67. The first-order valence-electron chi connectivity index (χ1n) is 8.97. The van der Waals surface area contributed by atoms with Crippen LogP contribution in [0.5, 0.6) is 0 Å². The molecule has 3 aromatic rings. The molecule has 0 saturated carbocycles. The van der Waals surface area contributed by atoms with Crippen LogP contribution in [-0.4, -0.2) is 39.2 Å². The number of hydrogen-bond donors (Lipinski definition) is 1. The Bertz CT molecular complexity index is 985. The number of anilines is 1. The van der Waals surface area contributed by atoms with Gasteiger partial charge in [-0.1, -0.05) is 11.6 Å². The molecule has 1 aliphatic heterocycles. The average molecular weight is 382 g/mol. The normalized spacial score (nSPS) is 15.5. The van der Waals surface area contributed by atoms with Crippen LogP contribution in [-0.2, 0) is 4.74 Å². The predicted octanol–water partition coefficient (Wildman–Crippen LogP) is 4.14. The number of ether oxygens (including phenoxy) is 1. The third-order valence-electron chi connectivity index (χ3n) is 4.48. The second kappa shape index (κ2) is 7.98. The van der Waals surface area contributed by atoms with E-state index >= 15 is 0 Å². The summed E-state index contributed by atoms with van der Waals surface area (Å²) in [7, 11) is 0. The topological polar surface area (TPSA) is 72.8 Å². The molecular formula is C20H20ClN5O. The minimum absolute atomic E-state index is 0.394. The maximum absolute atomic E-state index is 6.03. The van der Waals surface area contributed by atoms with Crippen LogP contribution in [0.1, 0.15) is 30.1 Å². The van der Waals surface area contributed by atoms with Crippen LogP contribution < -0.4 is 5.32 Å². The van der Waals surface area contributed by atoms with E-state index in [2.05, 4.69) is 25.3 Å². The summed E-state index contributed by atoms with van der Waals surface area (Å²) in [6.07, 6.45) is 7.49. The van der Waals surface area contributed by atoms with Crippen LogP contribution in [0.3, 0.4) is 0 Å². The largest absolute Gasteiger partial charge is 0.381 e. The van der Waals surface area contributed by atoms with E-state index in [1.54, 1.807) is 6.20 Å². The number of fused-ring (bicyclic) bond motifs is 1. The molecule has 6 nitrogen and oxygen atoms in total. The Morgan fingerprint density at radius 3 is 2.78 bits per heavy atom. The van der Waals surface area contributed by atoms with E-state index in [9.17, 15) is 0 Å². The fraction of sp³-hybridized carbons (Fsp3) is 0.300. The van der Waals surface area contributed by atoms with Crippen molar-refractivity contribution in [1.29, 1.82) is 0 Å². The maximum Gasteiger partial charge on any atom is 0.154 e. The van der Waals surface area contributed by atoms with E-state index in [1.807, 2.05) is 43.3 Å². The number of benzene rings is 1. The number of nitrogens with one attached hydrogen (secondary N) is 1. The molecule has 0 radical (unpaired) electrons. The van der Waals surface area contributed by atoms with Gasteiger partial charge in [0, 0.05) is 30.5 Å². The molecule has 0 unspecified atom stereocenters. The summed E-state index contributed by atoms with van der Waals surface area (Å²) in [5, 5.41) is 4.11. The molecule has 2 aromatic heterocycles. The van der Waals surface area contributed by atoms with E-state index in [0.717, 1.165) is 54.3 Å². The van der Waals surface area contributed by atoms with Gasteiger partial charge in [0.15, 0.2) is 5.82 Å². The fourth-order valence-electron chi connectivity index (χ4n) is 3.03. The number of nitrogens with zero attached hydrogens (tertiary/aromatic N) is 4. The molecule has 4 rings (SSSR count). The lowest BCUT2D eigenvalue weighted by Crippen LogP contribution is -2.28. The molecule has 1 aromatic carbocycles. The van der Waals surface area contributed by atoms with Gasteiger partial charge in [0.2, 0.25) is 0 Å². The Kier molecular flexibility index (Phi) is 5.27. The van der Waals surface area contributed by atoms with E-state index in [0.29, 0.717) is 16.9 Å². The van der Waals surface area contributed by atoms with Gasteiger partial charge in [-0.3, -0.25) is 0 Å². The van der Waals surface area contributed by atoms with Crippen LogP contribution in [0.2, 0.25) is 5.02 Å². The predicted molar refractivity (Wildman–Crippen MR) is 108 cm³/mol. The molecule has 1 fully saturated rings. The zero-order chi connectivity index (χ0) is 18.6. The van der Waals surface area contributed by atoms with E-state index in [1.165, 1.54) is 0 Å². The highest BCUT2D eigenvalue weighted by atomic mass is 35.5. The summed E-state index contributed by atoms with van der Waals surface area (Å²) in [5.41, 5.74) is 3.21. The SMILES string of the molecule is Cc1nc2cc(Cl)ccc2nc1/C=C/c1nccc(NC2CCOCC2)n1. The molecule has 0 spiro atoms. The summed E-state index contributed by atoms with van der Waals surface area (Å²) in [6.45, 7) is 3.51. The van der Waals surface area contributed by atoms with Gasteiger partial charge >= 0.3 is 0 Å². The zero-order valence-corrected chi connectivity index (χ0v) is 15.8. The lowest BCUT2D eigenvalue weighted by atomic mass is 10.1. The minimum Gasteiger partial charge on any atom is -0.381 e. The molecule has 27 heavy (non-hydrogen) atoms. The lowest BCUT2D eigenvalue weighted by molar-refractivity contribution is 0.0904. The van der Waals surface area contributed by atoms with Gasteiger partial charge in [-0.25, -0.2) is 19.9 Å². The number of aryl methyl sites for hydroxylation is 1. The Morgan fingerprint density at radius 1 is 1.07 bits per heavy atom. The number of rotatable bonds is 4. The quantitative estimate of drug-likeness (QED) is 0.732. The van der Waals surface area contributed by atoms with Crippen molar-refractivity contribution in [3.05, 3.63) is 52.7 Å². The first-order valence-corrected chi connectivity index (χ1v) is 9.34. The number of aromatic nitrogens is 4. The molecule has 0 bridgehead atoms. The van der Waals surface area contributed by atoms with Gasteiger partial charge < -0.3 is 10.1 Å². The van der Waals surface area contributed by atoms with Crippen LogP contribution in [0.25, 0.3) is 23.2 Å². The van der Waals surface area contributed by atoms with Crippen molar-refractivity contribution in [3.8, 4) is 0 Å². The van der Waals surface area contributed by atoms with Crippen LogP contribution >= 0.6 is 11.6 Å². The lowest BCUT2D eigenvalue weighted by Gasteiger charge is -2.23. The van der Waals surface area contributed by atoms with Gasteiger partial charge in [-0.2, -0.15) is 0 Å². The molecule has 3 heterocycles. The molecule has 138 valence electrons. The third-order valence-corrected chi connectivity index (χ3v) is 4.71. The Morgan fingerprint density at radius 2 is 1.93 bits per heavy atom. The highest BCUT2D eigenvalue weighted by Crippen LogP contribution is 2.19. The zero-order valence-electron chi connectivity index (χ0n) is 15.0. The van der Waals surface area contributed by atoms with Crippen LogP contribution in [0, 0.1) is 6.92 Å². The van der Waals surface area contributed by atoms with Gasteiger partial charge in [0.25, 0.3) is 0 Å². The first-order chi connectivity index (χ1) is 13.2. The van der Waals surface area contributed by atoms with Gasteiger partial charge in [-0.15, -0.1) is 0 Å². The Labute approximate surface area is 162 Å². The molecule has 0 atom stereocenters. The van der Waals surface area contributed by atoms with Crippen molar-refractivity contribution in [2.75, 3.05) is 18.5 Å². The minimum atomic E-state index is 0.394. The van der Waals surface area contributed by atoms with Crippen molar-refractivity contribution >= 4 is 40.6 Å². The van der Waals surface area contributed by atoms with Crippen molar-refractivity contribution in [3.63, 3.8) is 0 Å². The van der Waals surface area contributed by atoms with E-state index in [-0.39, 0.29) is 0 Å². The molecule has 7 heteroatoms. The van der Waals surface area contributed by atoms with Gasteiger partial charge in [-0.05, 0) is 56.2 Å². The van der Waals surface area contributed by atoms with Crippen LogP contribution in [0.4, 0.5) is 5.82 Å². The molecular weight excluding hydrogens is 362 g/mol. The van der Waals surface area contributed by atoms with Crippen molar-refractivity contribution < 1.29 is 4.74 Å². The second-order valence-corrected chi connectivity index (χ2v) is 6.93. The maximum atomic E-state index is 6.03. The molecule has 1 aliphatic rings. The van der Waals surface area contributed by atoms with E-state index < -0.39 is 0 Å². The molecule has 1 N–H and O–H groups in total. The summed E-state index contributed by atoms with van der Waals surface area (Å²) < 4.78 is 5.39. The molecule has 0 amide bonds.